The van der Waals surface area contributed by atoms with Crippen molar-refractivity contribution in [3.8, 4) is 0 Å². The van der Waals surface area contributed by atoms with E-state index in [0.717, 1.165) is 0 Å². The number of nitrogens with zero attached hydrogens (tertiary/aromatic N) is 1. The molecule has 110 valence electrons. The number of halogens is 2. The van der Waals surface area contributed by atoms with Crippen LogP contribution in [0.5, 0.6) is 0 Å². The lowest BCUT2D eigenvalue weighted by Crippen LogP contribution is -2.17. The van der Waals surface area contributed by atoms with Crippen molar-refractivity contribution in [2.45, 2.75) is 32.2 Å². The topological polar surface area (TPSA) is 98.3 Å². The first-order valence-electron chi connectivity index (χ1n) is 6.00. The summed E-state index contributed by atoms with van der Waals surface area (Å²) < 4.78 is 26.4. The molecule has 0 spiro atoms. The molecule has 3 N–H and O–H groups in total. The van der Waals surface area contributed by atoms with E-state index in [1.807, 2.05) is 0 Å². The van der Waals surface area contributed by atoms with E-state index in [4.69, 9.17) is 5.73 Å². The molecule has 0 aliphatic carbocycles. The lowest BCUT2D eigenvalue weighted by molar-refractivity contribution is -0.384. The molecule has 1 amide bonds. The predicted molar refractivity (Wildman–Crippen MR) is 69.1 cm³/mol. The molecule has 1 rings (SSSR count). The Morgan fingerprint density at radius 1 is 1.50 bits per heavy atom. The molecule has 1 aromatic carbocycles. The predicted octanol–water partition coefficient (Wildman–Crippen LogP) is 2.33. The van der Waals surface area contributed by atoms with Crippen LogP contribution in [0.15, 0.2) is 12.1 Å². The molecular weight excluding hydrogens is 272 g/mol. The molecule has 0 aliphatic rings. The van der Waals surface area contributed by atoms with Gasteiger partial charge in [-0.15, -0.1) is 0 Å². The van der Waals surface area contributed by atoms with Crippen LogP contribution in [0.1, 0.15) is 26.2 Å². The SMILES string of the molecule is CC(N)CCCC(=O)Nc1c(F)cc(F)cc1[N+](=O)[O-]. The summed E-state index contributed by atoms with van der Waals surface area (Å²) in [6.07, 6.45) is 1.12. The highest BCUT2D eigenvalue weighted by atomic mass is 19.1. The molecule has 0 radical (unpaired) electrons. The minimum Gasteiger partial charge on any atom is -0.328 e. The van der Waals surface area contributed by atoms with Gasteiger partial charge in [0.15, 0.2) is 11.5 Å². The summed E-state index contributed by atoms with van der Waals surface area (Å²) in [5, 5.41) is 12.8. The third-order valence-corrected chi connectivity index (χ3v) is 2.56. The Labute approximate surface area is 114 Å². The van der Waals surface area contributed by atoms with Crippen molar-refractivity contribution in [1.82, 2.24) is 0 Å². The van der Waals surface area contributed by atoms with Crippen LogP contribution in [0.4, 0.5) is 20.2 Å². The molecule has 0 bridgehead atoms. The van der Waals surface area contributed by atoms with Gasteiger partial charge in [0.25, 0.3) is 5.69 Å². The van der Waals surface area contributed by atoms with E-state index in [1.165, 1.54) is 0 Å². The molecule has 1 unspecified atom stereocenters. The number of rotatable bonds is 6. The number of benzene rings is 1. The standard InChI is InChI=1S/C12H15F2N3O3/c1-7(15)3-2-4-11(18)16-12-9(14)5-8(13)6-10(12)17(19)20/h5-7H,2-4,15H2,1H3,(H,16,18). The highest BCUT2D eigenvalue weighted by molar-refractivity contribution is 5.93. The van der Waals surface area contributed by atoms with E-state index in [1.54, 1.807) is 6.92 Å². The summed E-state index contributed by atoms with van der Waals surface area (Å²) in [6.45, 7) is 1.78. The van der Waals surface area contributed by atoms with Crippen molar-refractivity contribution in [1.29, 1.82) is 0 Å². The minimum atomic E-state index is -1.18. The molecule has 1 aromatic rings. The van der Waals surface area contributed by atoms with Gasteiger partial charge in [-0.05, 0) is 19.8 Å². The number of nitrogens with one attached hydrogen (secondary N) is 1. The van der Waals surface area contributed by atoms with Crippen LogP contribution >= 0.6 is 0 Å². The molecule has 0 fully saturated rings. The fourth-order valence-corrected chi connectivity index (χ4v) is 1.61. The Morgan fingerprint density at radius 2 is 2.15 bits per heavy atom. The average Bonchev–Trinajstić information content (AvgIpc) is 2.31. The molecule has 0 saturated heterocycles. The maximum absolute atomic E-state index is 13.5. The van der Waals surface area contributed by atoms with Crippen LogP contribution in [0, 0.1) is 21.7 Å². The quantitative estimate of drug-likeness (QED) is 0.619. The third kappa shape index (κ3) is 4.54. The maximum atomic E-state index is 13.5. The lowest BCUT2D eigenvalue weighted by atomic mass is 10.1. The van der Waals surface area contributed by atoms with E-state index in [0.29, 0.717) is 25.0 Å². The van der Waals surface area contributed by atoms with Crippen LogP contribution in [0.2, 0.25) is 0 Å². The Kier molecular flexibility index (Phi) is 5.51. The number of nitrogens with two attached hydrogens (primary N) is 1. The molecule has 8 heteroatoms. The second-order valence-electron chi connectivity index (χ2n) is 4.46. The monoisotopic (exact) mass is 287 g/mol. The highest BCUT2D eigenvalue weighted by Crippen LogP contribution is 2.28. The van der Waals surface area contributed by atoms with Gasteiger partial charge in [0, 0.05) is 18.5 Å². The Morgan fingerprint density at radius 3 is 2.70 bits per heavy atom. The summed E-state index contributed by atoms with van der Waals surface area (Å²) in [5.41, 5.74) is 4.07. The third-order valence-electron chi connectivity index (χ3n) is 2.56. The number of nitro groups is 1. The van der Waals surface area contributed by atoms with Crippen molar-refractivity contribution in [2.75, 3.05) is 5.32 Å². The van der Waals surface area contributed by atoms with Crippen molar-refractivity contribution in [2.24, 2.45) is 5.73 Å². The van der Waals surface area contributed by atoms with E-state index in [9.17, 15) is 23.7 Å². The first-order valence-corrected chi connectivity index (χ1v) is 6.00. The molecule has 6 nitrogen and oxygen atoms in total. The number of amides is 1. The number of carbonyl (C=O) groups is 1. The van der Waals surface area contributed by atoms with Gasteiger partial charge in [-0.25, -0.2) is 8.78 Å². The Hall–Kier alpha value is -2.09. The minimum absolute atomic E-state index is 0.0511. The van der Waals surface area contributed by atoms with Crippen LogP contribution in [0.3, 0.4) is 0 Å². The summed E-state index contributed by atoms with van der Waals surface area (Å²) in [5.74, 6) is -2.85. The van der Waals surface area contributed by atoms with Gasteiger partial charge in [-0.2, -0.15) is 0 Å². The van der Waals surface area contributed by atoms with Gasteiger partial charge in [-0.1, -0.05) is 0 Å². The first kappa shape index (κ1) is 16.0. The van der Waals surface area contributed by atoms with Crippen LogP contribution in [-0.2, 0) is 4.79 Å². The number of hydrogen-bond acceptors (Lipinski definition) is 4. The average molecular weight is 287 g/mol. The first-order chi connectivity index (χ1) is 9.31. The number of carbonyl (C=O) groups excluding carboxylic acids is 1. The molecule has 0 heterocycles. The van der Waals surface area contributed by atoms with Crippen molar-refractivity contribution in [3.05, 3.63) is 33.9 Å². The zero-order chi connectivity index (χ0) is 15.3. The number of nitro benzene ring substituents is 1. The molecular formula is C12H15F2N3O3. The van der Waals surface area contributed by atoms with Gasteiger partial charge in [0.05, 0.1) is 11.0 Å². The summed E-state index contributed by atoms with van der Waals surface area (Å²) >= 11 is 0. The van der Waals surface area contributed by atoms with Gasteiger partial charge < -0.3 is 11.1 Å². The van der Waals surface area contributed by atoms with Crippen molar-refractivity contribution < 1.29 is 18.5 Å². The van der Waals surface area contributed by atoms with E-state index in [2.05, 4.69) is 5.32 Å². The molecule has 20 heavy (non-hydrogen) atoms. The van der Waals surface area contributed by atoms with E-state index < -0.39 is 33.8 Å². The lowest BCUT2D eigenvalue weighted by Gasteiger charge is -2.08. The molecule has 1 atom stereocenters. The normalized spacial score (nSPS) is 12.0. The highest BCUT2D eigenvalue weighted by Gasteiger charge is 2.22. The van der Waals surface area contributed by atoms with Gasteiger partial charge in [0.1, 0.15) is 5.82 Å². The Balaban J connectivity index is 2.81. The second kappa shape index (κ2) is 6.90. The number of hydrogen-bond donors (Lipinski definition) is 2. The van der Waals surface area contributed by atoms with E-state index in [-0.39, 0.29) is 12.5 Å². The number of anilines is 1. The fourth-order valence-electron chi connectivity index (χ4n) is 1.61. The fraction of sp³-hybridized carbons (Fsp3) is 0.417. The van der Waals surface area contributed by atoms with Crippen molar-refractivity contribution in [3.63, 3.8) is 0 Å². The smallest absolute Gasteiger partial charge is 0.298 e. The Bertz CT molecular complexity index is 521. The molecule has 0 saturated carbocycles. The van der Waals surface area contributed by atoms with Gasteiger partial charge in [0.2, 0.25) is 5.91 Å². The van der Waals surface area contributed by atoms with Crippen LogP contribution in [0.25, 0.3) is 0 Å². The van der Waals surface area contributed by atoms with Gasteiger partial charge in [-0.3, -0.25) is 14.9 Å². The van der Waals surface area contributed by atoms with Crippen LogP contribution in [-0.4, -0.2) is 16.9 Å². The zero-order valence-corrected chi connectivity index (χ0v) is 10.9. The van der Waals surface area contributed by atoms with Crippen LogP contribution < -0.4 is 11.1 Å². The summed E-state index contributed by atoms with van der Waals surface area (Å²) in [4.78, 5) is 21.3. The van der Waals surface area contributed by atoms with Crippen molar-refractivity contribution >= 4 is 17.3 Å². The largest absolute Gasteiger partial charge is 0.328 e. The second-order valence-corrected chi connectivity index (χ2v) is 4.46. The maximum Gasteiger partial charge on any atom is 0.298 e. The summed E-state index contributed by atoms with van der Waals surface area (Å²) in [7, 11) is 0. The van der Waals surface area contributed by atoms with Gasteiger partial charge >= 0.3 is 0 Å². The molecule has 0 aromatic heterocycles. The van der Waals surface area contributed by atoms with E-state index >= 15 is 0 Å². The molecule has 0 aliphatic heterocycles. The summed E-state index contributed by atoms with van der Waals surface area (Å²) in [6, 6.07) is 0.963. The zero-order valence-electron chi connectivity index (χ0n) is 10.9.